The molecule has 0 spiro atoms. The van der Waals surface area contributed by atoms with E-state index in [0.29, 0.717) is 35.2 Å². The van der Waals surface area contributed by atoms with E-state index in [2.05, 4.69) is 0 Å². The molecule has 5 rings (SSSR count). The zero-order valence-electron chi connectivity index (χ0n) is 18.0. The smallest absolute Gasteiger partial charge is 0.238 e. The van der Waals surface area contributed by atoms with Crippen molar-refractivity contribution in [2.24, 2.45) is 5.14 Å². The maximum absolute atomic E-state index is 12.7. The lowest BCUT2D eigenvalue weighted by Gasteiger charge is -2.18. The minimum absolute atomic E-state index is 0.00706. The summed E-state index contributed by atoms with van der Waals surface area (Å²) < 4.78 is 29.1. The van der Waals surface area contributed by atoms with Crippen LogP contribution in [0.1, 0.15) is 17.9 Å². The van der Waals surface area contributed by atoms with Crippen LogP contribution in [0.15, 0.2) is 89.8 Å². The molecule has 172 valence electrons. The molecule has 0 radical (unpaired) electrons. The number of halogens is 1. The van der Waals surface area contributed by atoms with E-state index in [1.54, 1.807) is 23.1 Å². The Hall–Kier alpha value is -3.39. The lowest BCUT2D eigenvalue weighted by Crippen LogP contribution is -2.24. The molecule has 0 aromatic heterocycles. The van der Waals surface area contributed by atoms with Crippen LogP contribution in [0.25, 0.3) is 10.8 Å². The summed E-state index contributed by atoms with van der Waals surface area (Å²) >= 11 is 6.41. The van der Waals surface area contributed by atoms with Gasteiger partial charge in [-0.1, -0.05) is 48.0 Å². The number of hydrogen-bond donors (Lipinski definition) is 1. The minimum Gasteiger partial charge on any atom is -0.456 e. The first-order chi connectivity index (χ1) is 16.3. The van der Waals surface area contributed by atoms with Crippen LogP contribution in [0.5, 0.6) is 11.5 Å². The monoisotopic (exact) mass is 492 g/mol. The van der Waals surface area contributed by atoms with Crippen LogP contribution in [-0.2, 0) is 14.8 Å². The average molecular weight is 493 g/mol. The molecule has 8 heteroatoms. The number of benzene rings is 4. The normalized spacial score (nSPS) is 16.2. The summed E-state index contributed by atoms with van der Waals surface area (Å²) in [6, 6.07) is 25.4. The van der Waals surface area contributed by atoms with Crippen molar-refractivity contribution in [3.8, 4) is 11.5 Å². The van der Waals surface area contributed by atoms with Crippen molar-refractivity contribution < 1.29 is 17.9 Å². The van der Waals surface area contributed by atoms with Gasteiger partial charge >= 0.3 is 0 Å². The highest BCUT2D eigenvalue weighted by molar-refractivity contribution is 7.89. The van der Waals surface area contributed by atoms with Crippen molar-refractivity contribution in [3.63, 3.8) is 0 Å². The van der Waals surface area contributed by atoms with Gasteiger partial charge in [-0.05, 0) is 64.9 Å². The number of rotatable bonds is 5. The van der Waals surface area contributed by atoms with Crippen molar-refractivity contribution in [2.75, 3.05) is 11.4 Å². The van der Waals surface area contributed by atoms with Gasteiger partial charge in [-0.15, -0.1) is 0 Å². The Morgan fingerprint density at radius 2 is 1.65 bits per heavy atom. The zero-order chi connectivity index (χ0) is 23.9. The summed E-state index contributed by atoms with van der Waals surface area (Å²) in [5.74, 6) is 1.11. The standard InChI is InChI=1S/C26H21ClN2O4S/c27-24-12-6-19(14-25(24)33-22-9-5-17-3-1-2-4-18(17)13-22)20-15-26(30)29(16-20)21-7-10-23(11-8-21)34(28,31)32/h1-14,20H,15-16H2,(H2,28,31,32)/t20-/m0/s1. The molecular formula is C26H21ClN2O4S. The van der Waals surface area contributed by atoms with E-state index in [1.165, 1.54) is 12.1 Å². The second kappa shape index (κ2) is 8.76. The molecule has 1 fully saturated rings. The number of fused-ring (bicyclic) bond motifs is 1. The Balaban J connectivity index is 1.37. The Bertz CT molecular complexity index is 1500. The summed E-state index contributed by atoms with van der Waals surface area (Å²) in [5.41, 5.74) is 1.57. The van der Waals surface area contributed by atoms with Gasteiger partial charge in [-0.25, -0.2) is 13.6 Å². The topological polar surface area (TPSA) is 89.7 Å². The molecule has 34 heavy (non-hydrogen) atoms. The van der Waals surface area contributed by atoms with Crippen molar-refractivity contribution in [1.29, 1.82) is 0 Å². The Morgan fingerprint density at radius 1 is 0.912 bits per heavy atom. The van der Waals surface area contributed by atoms with Crippen molar-refractivity contribution in [1.82, 2.24) is 0 Å². The molecule has 0 bridgehead atoms. The molecule has 2 N–H and O–H groups in total. The van der Waals surface area contributed by atoms with Gasteiger partial charge in [0.15, 0.2) is 0 Å². The zero-order valence-corrected chi connectivity index (χ0v) is 19.6. The van der Waals surface area contributed by atoms with E-state index in [-0.39, 0.29) is 16.7 Å². The molecule has 1 heterocycles. The first-order valence-electron chi connectivity index (χ1n) is 10.7. The fourth-order valence-corrected chi connectivity index (χ4v) is 4.88. The second-order valence-corrected chi connectivity index (χ2v) is 10.2. The largest absolute Gasteiger partial charge is 0.456 e. The van der Waals surface area contributed by atoms with Gasteiger partial charge in [-0.3, -0.25) is 4.79 Å². The summed E-state index contributed by atoms with van der Waals surface area (Å²) in [5, 5.41) is 7.84. The predicted molar refractivity (Wildman–Crippen MR) is 133 cm³/mol. The van der Waals surface area contributed by atoms with Gasteiger partial charge in [0.1, 0.15) is 11.5 Å². The lowest BCUT2D eigenvalue weighted by molar-refractivity contribution is -0.117. The van der Waals surface area contributed by atoms with E-state index >= 15 is 0 Å². The number of hydrogen-bond acceptors (Lipinski definition) is 4. The second-order valence-electron chi connectivity index (χ2n) is 8.25. The molecule has 1 aliphatic heterocycles. The van der Waals surface area contributed by atoms with Crippen LogP contribution >= 0.6 is 11.6 Å². The Labute approximate surface area is 202 Å². The number of primary sulfonamides is 1. The van der Waals surface area contributed by atoms with Gasteiger partial charge < -0.3 is 9.64 Å². The Kier molecular flexibility index (Phi) is 5.77. The lowest BCUT2D eigenvalue weighted by atomic mass is 9.98. The van der Waals surface area contributed by atoms with E-state index in [0.717, 1.165) is 16.3 Å². The van der Waals surface area contributed by atoms with E-state index in [1.807, 2.05) is 54.6 Å². The number of nitrogens with zero attached hydrogens (tertiary/aromatic N) is 1. The summed E-state index contributed by atoms with van der Waals surface area (Å²) in [7, 11) is -3.79. The molecule has 0 saturated carbocycles. The first-order valence-corrected chi connectivity index (χ1v) is 12.6. The highest BCUT2D eigenvalue weighted by Gasteiger charge is 2.32. The fourth-order valence-electron chi connectivity index (χ4n) is 4.21. The van der Waals surface area contributed by atoms with Crippen LogP contribution in [-0.4, -0.2) is 20.9 Å². The van der Waals surface area contributed by atoms with Crippen molar-refractivity contribution in [3.05, 3.63) is 95.5 Å². The number of anilines is 1. The minimum atomic E-state index is -3.79. The number of carbonyl (C=O) groups is 1. The molecule has 1 saturated heterocycles. The number of carbonyl (C=O) groups excluding carboxylic acids is 1. The molecule has 0 aliphatic carbocycles. The van der Waals surface area contributed by atoms with E-state index in [9.17, 15) is 13.2 Å². The third-order valence-corrected chi connectivity index (χ3v) is 7.22. The molecule has 6 nitrogen and oxygen atoms in total. The molecule has 4 aromatic rings. The summed E-state index contributed by atoms with van der Waals surface area (Å²) in [4.78, 5) is 14.4. The van der Waals surface area contributed by atoms with Gasteiger partial charge in [0, 0.05) is 24.6 Å². The maximum atomic E-state index is 12.7. The van der Waals surface area contributed by atoms with Gasteiger partial charge in [-0.2, -0.15) is 0 Å². The number of sulfonamides is 1. The van der Waals surface area contributed by atoms with Gasteiger partial charge in [0.2, 0.25) is 15.9 Å². The summed E-state index contributed by atoms with van der Waals surface area (Å²) in [6.07, 6.45) is 0.327. The predicted octanol–water partition coefficient (Wildman–Crippen LogP) is 5.45. The molecule has 0 unspecified atom stereocenters. The summed E-state index contributed by atoms with van der Waals surface area (Å²) in [6.45, 7) is 0.463. The van der Waals surface area contributed by atoms with E-state index in [4.69, 9.17) is 21.5 Å². The number of amides is 1. The molecule has 1 aliphatic rings. The molecular weight excluding hydrogens is 472 g/mol. The Morgan fingerprint density at radius 3 is 2.38 bits per heavy atom. The van der Waals surface area contributed by atoms with E-state index < -0.39 is 10.0 Å². The third kappa shape index (κ3) is 4.50. The maximum Gasteiger partial charge on any atom is 0.238 e. The van der Waals surface area contributed by atoms with Gasteiger partial charge in [0.05, 0.1) is 9.92 Å². The first kappa shape index (κ1) is 22.4. The van der Waals surface area contributed by atoms with Crippen molar-refractivity contribution >= 4 is 44.0 Å². The molecule has 1 atom stereocenters. The highest BCUT2D eigenvalue weighted by atomic mass is 35.5. The van der Waals surface area contributed by atoms with Gasteiger partial charge in [0.25, 0.3) is 0 Å². The quantitative estimate of drug-likeness (QED) is 0.401. The van der Waals surface area contributed by atoms with Crippen LogP contribution < -0.4 is 14.8 Å². The molecule has 4 aromatic carbocycles. The number of ether oxygens (including phenoxy) is 1. The van der Waals surface area contributed by atoms with Crippen LogP contribution in [0.3, 0.4) is 0 Å². The molecule has 1 amide bonds. The van der Waals surface area contributed by atoms with Crippen LogP contribution in [0.2, 0.25) is 5.02 Å². The average Bonchev–Trinajstić information content (AvgIpc) is 3.21. The third-order valence-electron chi connectivity index (χ3n) is 5.98. The fraction of sp³-hybridized carbons (Fsp3) is 0.115. The highest BCUT2D eigenvalue weighted by Crippen LogP contribution is 2.37. The van der Waals surface area contributed by atoms with Crippen LogP contribution in [0, 0.1) is 0 Å². The SMILES string of the molecule is NS(=O)(=O)c1ccc(N2C[C@@H](c3ccc(Cl)c(Oc4ccc5ccccc5c4)c3)CC2=O)cc1. The van der Waals surface area contributed by atoms with Crippen molar-refractivity contribution in [2.45, 2.75) is 17.2 Å². The number of nitrogens with two attached hydrogens (primary N) is 1. The van der Waals surface area contributed by atoms with Crippen LogP contribution in [0.4, 0.5) is 5.69 Å².